The highest BCUT2D eigenvalue weighted by Crippen LogP contribution is 2.35. The molecule has 2 aromatic rings. The lowest BCUT2D eigenvalue weighted by molar-refractivity contribution is 0.0135. The number of nitrogens with one attached hydrogen (secondary N) is 1. The van der Waals surface area contributed by atoms with Crippen LogP contribution >= 0.6 is 12.4 Å². The van der Waals surface area contributed by atoms with E-state index in [1.54, 1.807) is 0 Å². The predicted octanol–water partition coefficient (Wildman–Crippen LogP) is 3.27. The molecule has 2 fully saturated rings. The number of rotatable bonds is 3. The Morgan fingerprint density at radius 3 is 2.71 bits per heavy atom. The van der Waals surface area contributed by atoms with Gasteiger partial charge in [-0.15, -0.1) is 12.4 Å². The van der Waals surface area contributed by atoms with E-state index in [9.17, 15) is 0 Å². The van der Waals surface area contributed by atoms with Crippen molar-refractivity contribution in [2.45, 2.75) is 44.2 Å². The van der Waals surface area contributed by atoms with Gasteiger partial charge in [0.25, 0.3) is 0 Å². The molecule has 24 heavy (non-hydrogen) atoms. The minimum atomic E-state index is 0. The molecule has 2 aliphatic rings. The third-order valence-electron chi connectivity index (χ3n) is 5.29. The lowest BCUT2D eigenvalue weighted by Crippen LogP contribution is -2.61. The number of aromatic nitrogens is 2. The van der Waals surface area contributed by atoms with Crippen LogP contribution in [0.25, 0.3) is 11.4 Å². The van der Waals surface area contributed by atoms with E-state index in [1.165, 1.54) is 32.1 Å². The zero-order valence-corrected chi connectivity index (χ0v) is 14.7. The quantitative estimate of drug-likeness (QED) is 0.922. The van der Waals surface area contributed by atoms with Crippen molar-refractivity contribution in [3.05, 3.63) is 36.2 Å². The van der Waals surface area contributed by atoms with Gasteiger partial charge in [-0.1, -0.05) is 54.8 Å². The van der Waals surface area contributed by atoms with Crippen LogP contribution in [0, 0.1) is 0 Å². The van der Waals surface area contributed by atoms with Crippen LogP contribution in [0.4, 0.5) is 0 Å². The smallest absolute Gasteiger partial charge is 0.241 e. The van der Waals surface area contributed by atoms with Crippen molar-refractivity contribution >= 4 is 12.4 Å². The lowest BCUT2D eigenvalue weighted by atomic mass is 9.79. The molecule has 1 spiro atoms. The van der Waals surface area contributed by atoms with Crippen LogP contribution in [-0.2, 0) is 6.54 Å². The van der Waals surface area contributed by atoms with Crippen LogP contribution in [0.15, 0.2) is 34.9 Å². The summed E-state index contributed by atoms with van der Waals surface area (Å²) in [5.41, 5.74) is 1.30. The minimum absolute atomic E-state index is 0. The summed E-state index contributed by atoms with van der Waals surface area (Å²) in [6.45, 7) is 3.96. The zero-order chi connectivity index (χ0) is 15.5. The molecule has 4 rings (SSSR count). The molecule has 0 amide bonds. The Labute approximate surface area is 149 Å². The standard InChI is InChI=1S/C18H24N4O.ClH/c1-3-7-15(8-4-1)17-20-16(23-21-17)13-22-12-11-19-14-18(22)9-5-2-6-10-18;/h1,3-4,7-8,19H,2,5-6,9-14H2;1H. The summed E-state index contributed by atoms with van der Waals surface area (Å²) in [4.78, 5) is 7.19. The lowest BCUT2D eigenvalue weighted by Gasteiger charge is -2.49. The first-order valence-corrected chi connectivity index (χ1v) is 8.70. The molecule has 0 radical (unpaired) electrons. The predicted molar refractivity (Wildman–Crippen MR) is 96.1 cm³/mol. The summed E-state index contributed by atoms with van der Waals surface area (Å²) in [7, 11) is 0. The van der Waals surface area contributed by atoms with Crippen molar-refractivity contribution in [2.24, 2.45) is 0 Å². The van der Waals surface area contributed by atoms with Crippen molar-refractivity contribution in [2.75, 3.05) is 19.6 Å². The van der Waals surface area contributed by atoms with Crippen LogP contribution in [0.1, 0.15) is 38.0 Å². The SMILES string of the molecule is Cl.c1ccc(-c2noc(CN3CCNCC34CCCCC4)n2)cc1. The number of nitrogens with zero attached hydrogens (tertiary/aromatic N) is 3. The van der Waals surface area contributed by atoms with Crippen LogP contribution in [-0.4, -0.2) is 40.2 Å². The fourth-order valence-corrected chi connectivity index (χ4v) is 4.02. The van der Waals surface area contributed by atoms with Crippen LogP contribution in [0.2, 0.25) is 0 Å². The van der Waals surface area contributed by atoms with Crippen molar-refractivity contribution < 1.29 is 4.52 Å². The molecule has 1 saturated heterocycles. The summed E-state index contributed by atoms with van der Waals surface area (Å²) >= 11 is 0. The van der Waals surface area contributed by atoms with E-state index >= 15 is 0 Å². The Morgan fingerprint density at radius 2 is 1.92 bits per heavy atom. The topological polar surface area (TPSA) is 54.2 Å². The van der Waals surface area contributed by atoms with E-state index in [1.807, 2.05) is 30.3 Å². The Morgan fingerprint density at radius 1 is 1.12 bits per heavy atom. The second kappa shape index (κ2) is 7.64. The second-order valence-corrected chi connectivity index (χ2v) is 6.76. The van der Waals surface area contributed by atoms with Crippen molar-refractivity contribution in [1.29, 1.82) is 0 Å². The van der Waals surface area contributed by atoms with Crippen LogP contribution < -0.4 is 5.32 Å². The number of benzene rings is 1. The van der Waals surface area contributed by atoms with E-state index in [4.69, 9.17) is 4.52 Å². The van der Waals surface area contributed by atoms with Gasteiger partial charge in [-0.25, -0.2) is 0 Å². The summed E-state index contributed by atoms with van der Waals surface area (Å²) in [6.07, 6.45) is 6.59. The summed E-state index contributed by atoms with van der Waals surface area (Å²) in [5, 5.41) is 7.74. The summed E-state index contributed by atoms with van der Waals surface area (Å²) in [6, 6.07) is 10.0. The van der Waals surface area contributed by atoms with Crippen molar-refractivity contribution in [1.82, 2.24) is 20.4 Å². The molecular formula is C18H25ClN4O. The fraction of sp³-hybridized carbons (Fsp3) is 0.556. The van der Waals surface area contributed by atoms with Crippen LogP contribution in [0.3, 0.4) is 0 Å². The maximum atomic E-state index is 5.53. The van der Waals surface area contributed by atoms with E-state index in [0.717, 1.165) is 37.6 Å². The molecule has 1 saturated carbocycles. The fourth-order valence-electron chi connectivity index (χ4n) is 4.02. The average Bonchev–Trinajstić information content (AvgIpc) is 3.07. The molecule has 0 atom stereocenters. The number of hydrogen-bond donors (Lipinski definition) is 1. The molecule has 130 valence electrons. The largest absolute Gasteiger partial charge is 0.338 e. The third kappa shape index (κ3) is 3.48. The number of piperazine rings is 1. The van der Waals surface area contributed by atoms with Crippen LogP contribution in [0.5, 0.6) is 0 Å². The molecule has 1 aromatic heterocycles. The number of halogens is 1. The maximum absolute atomic E-state index is 5.53. The zero-order valence-electron chi connectivity index (χ0n) is 13.9. The first-order chi connectivity index (χ1) is 11.4. The third-order valence-corrected chi connectivity index (χ3v) is 5.29. The van der Waals surface area contributed by atoms with Gasteiger partial charge in [-0.05, 0) is 12.8 Å². The van der Waals surface area contributed by atoms with E-state index in [-0.39, 0.29) is 17.9 Å². The van der Waals surface area contributed by atoms with Gasteiger partial charge in [0.2, 0.25) is 11.7 Å². The van der Waals surface area contributed by atoms with Gasteiger partial charge in [0.1, 0.15) is 0 Å². The normalized spacial score (nSPS) is 20.7. The van der Waals surface area contributed by atoms with E-state index in [2.05, 4.69) is 20.4 Å². The molecule has 1 aromatic carbocycles. The Bertz CT molecular complexity index is 631. The number of hydrogen-bond acceptors (Lipinski definition) is 5. The molecule has 1 N–H and O–H groups in total. The van der Waals surface area contributed by atoms with Gasteiger partial charge >= 0.3 is 0 Å². The van der Waals surface area contributed by atoms with Gasteiger partial charge in [0, 0.05) is 30.7 Å². The maximum Gasteiger partial charge on any atom is 0.241 e. The highest BCUT2D eigenvalue weighted by atomic mass is 35.5. The Kier molecular flexibility index (Phi) is 5.54. The van der Waals surface area contributed by atoms with Gasteiger partial charge in [0.15, 0.2) is 0 Å². The first kappa shape index (κ1) is 17.4. The molecule has 1 aliphatic heterocycles. The van der Waals surface area contributed by atoms with Gasteiger partial charge < -0.3 is 9.84 Å². The van der Waals surface area contributed by atoms with Crippen molar-refractivity contribution in [3.63, 3.8) is 0 Å². The Balaban J connectivity index is 0.00000169. The first-order valence-electron chi connectivity index (χ1n) is 8.70. The van der Waals surface area contributed by atoms with Gasteiger partial charge in [-0.3, -0.25) is 4.90 Å². The molecule has 0 unspecified atom stereocenters. The van der Waals surface area contributed by atoms with Gasteiger partial charge in [-0.2, -0.15) is 4.98 Å². The van der Waals surface area contributed by atoms with E-state index in [0.29, 0.717) is 5.82 Å². The average molecular weight is 349 g/mol. The highest BCUT2D eigenvalue weighted by molar-refractivity contribution is 5.85. The minimum Gasteiger partial charge on any atom is -0.338 e. The summed E-state index contributed by atoms with van der Waals surface area (Å²) < 4.78 is 5.53. The van der Waals surface area contributed by atoms with E-state index < -0.39 is 0 Å². The Hall–Kier alpha value is -1.43. The highest BCUT2D eigenvalue weighted by Gasteiger charge is 2.40. The van der Waals surface area contributed by atoms with Gasteiger partial charge in [0.05, 0.1) is 6.54 Å². The second-order valence-electron chi connectivity index (χ2n) is 6.76. The molecule has 0 bridgehead atoms. The monoisotopic (exact) mass is 348 g/mol. The molecule has 2 heterocycles. The summed E-state index contributed by atoms with van der Waals surface area (Å²) in [5.74, 6) is 1.42. The van der Waals surface area contributed by atoms with Crippen molar-refractivity contribution in [3.8, 4) is 11.4 Å². The molecule has 6 heteroatoms. The molecule has 1 aliphatic carbocycles. The molecular weight excluding hydrogens is 324 g/mol. The molecule has 5 nitrogen and oxygen atoms in total.